The fraction of sp³-hybridized carbons (Fsp3) is 0.200. The SMILES string of the molecule is Cc1ccc(F)c2ccn(-c3cccc(N4CCN(C(=O)c5cccnc5)CC4)c3)c12. The van der Waals surface area contributed by atoms with Crippen LogP contribution >= 0.6 is 0 Å². The number of amides is 1. The number of aryl methyl sites for hydroxylation is 1. The molecule has 6 heteroatoms. The Hall–Kier alpha value is -3.67. The maximum atomic E-state index is 14.2. The molecule has 4 aromatic rings. The summed E-state index contributed by atoms with van der Waals surface area (Å²) in [6.07, 6.45) is 5.21. The van der Waals surface area contributed by atoms with Gasteiger partial charge in [0.25, 0.3) is 5.91 Å². The van der Waals surface area contributed by atoms with Gasteiger partial charge in [0.2, 0.25) is 0 Å². The zero-order valence-corrected chi connectivity index (χ0v) is 17.3. The van der Waals surface area contributed by atoms with Crippen LogP contribution in [0.5, 0.6) is 0 Å². The standard InChI is InChI=1S/C25H23FN4O/c1-18-7-8-23(26)22-9-11-30(24(18)22)21-6-2-5-20(16-21)28-12-14-29(15-13-28)25(31)19-4-3-10-27-17-19/h2-11,16-17H,12-15H2,1H3. The van der Waals surface area contributed by atoms with Gasteiger partial charge < -0.3 is 14.4 Å². The van der Waals surface area contributed by atoms with E-state index in [4.69, 9.17) is 0 Å². The predicted molar refractivity (Wildman–Crippen MR) is 120 cm³/mol. The first kappa shape index (κ1) is 19.3. The van der Waals surface area contributed by atoms with Crippen LogP contribution in [0.3, 0.4) is 0 Å². The fourth-order valence-corrected chi connectivity index (χ4v) is 4.29. The van der Waals surface area contributed by atoms with Crippen molar-refractivity contribution in [2.45, 2.75) is 6.92 Å². The molecule has 1 saturated heterocycles. The van der Waals surface area contributed by atoms with Crippen molar-refractivity contribution in [2.75, 3.05) is 31.1 Å². The molecular formula is C25H23FN4O. The molecule has 31 heavy (non-hydrogen) atoms. The van der Waals surface area contributed by atoms with E-state index in [0.29, 0.717) is 24.0 Å². The van der Waals surface area contributed by atoms with Crippen LogP contribution in [-0.4, -0.2) is 46.5 Å². The first-order valence-corrected chi connectivity index (χ1v) is 10.4. The minimum atomic E-state index is -0.204. The number of hydrogen-bond donors (Lipinski definition) is 0. The molecule has 5 nitrogen and oxygen atoms in total. The minimum Gasteiger partial charge on any atom is -0.368 e. The lowest BCUT2D eigenvalue weighted by Gasteiger charge is -2.36. The van der Waals surface area contributed by atoms with E-state index in [0.717, 1.165) is 35.5 Å². The van der Waals surface area contributed by atoms with Crippen LogP contribution in [0.4, 0.5) is 10.1 Å². The Kier molecular flexibility index (Phi) is 4.90. The lowest BCUT2D eigenvalue weighted by atomic mass is 10.1. The molecule has 0 saturated carbocycles. The lowest BCUT2D eigenvalue weighted by molar-refractivity contribution is 0.0746. The second kappa shape index (κ2) is 7.87. The Balaban J connectivity index is 1.36. The zero-order chi connectivity index (χ0) is 21.4. The van der Waals surface area contributed by atoms with E-state index in [2.05, 4.69) is 22.0 Å². The number of pyridine rings is 1. The molecule has 1 amide bonds. The second-order valence-corrected chi connectivity index (χ2v) is 7.85. The third-order valence-electron chi connectivity index (χ3n) is 5.95. The van der Waals surface area contributed by atoms with Crippen LogP contribution < -0.4 is 4.90 Å². The first-order chi connectivity index (χ1) is 15.1. The van der Waals surface area contributed by atoms with Gasteiger partial charge in [-0.15, -0.1) is 0 Å². The molecule has 0 bridgehead atoms. The summed E-state index contributed by atoms with van der Waals surface area (Å²) in [6, 6.07) is 17.0. The summed E-state index contributed by atoms with van der Waals surface area (Å²) in [6.45, 7) is 4.84. The summed E-state index contributed by atoms with van der Waals surface area (Å²) < 4.78 is 16.3. The number of benzene rings is 2. The highest BCUT2D eigenvalue weighted by molar-refractivity contribution is 5.94. The van der Waals surface area contributed by atoms with Crippen molar-refractivity contribution in [2.24, 2.45) is 0 Å². The van der Waals surface area contributed by atoms with Crippen molar-refractivity contribution in [3.8, 4) is 5.69 Å². The summed E-state index contributed by atoms with van der Waals surface area (Å²) in [4.78, 5) is 20.9. The predicted octanol–water partition coefficient (Wildman–Crippen LogP) is 4.44. The van der Waals surface area contributed by atoms with Gasteiger partial charge in [-0.3, -0.25) is 9.78 Å². The molecule has 2 aromatic carbocycles. The number of hydrogen-bond acceptors (Lipinski definition) is 3. The Morgan fingerprint density at radius 3 is 2.55 bits per heavy atom. The van der Waals surface area contributed by atoms with Gasteiger partial charge in [0.05, 0.1) is 11.1 Å². The monoisotopic (exact) mass is 414 g/mol. The Bertz CT molecular complexity index is 1240. The second-order valence-electron chi connectivity index (χ2n) is 7.85. The van der Waals surface area contributed by atoms with E-state index in [1.807, 2.05) is 46.9 Å². The molecule has 1 fully saturated rings. The summed E-state index contributed by atoms with van der Waals surface area (Å²) in [5.74, 6) is -0.178. The van der Waals surface area contributed by atoms with E-state index < -0.39 is 0 Å². The van der Waals surface area contributed by atoms with Crippen molar-refractivity contribution in [3.05, 3.63) is 90.1 Å². The highest BCUT2D eigenvalue weighted by atomic mass is 19.1. The molecule has 0 spiro atoms. The molecule has 5 rings (SSSR count). The average Bonchev–Trinajstić information content (AvgIpc) is 3.29. The molecule has 1 aliphatic rings. The molecular weight excluding hydrogens is 391 g/mol. The van der Waals surface area contributed by atoms with Gasteiger partial charge in [-0.2, -0.15) is 0 Å². The lowest BCUT2D eigenvalue weighted by Crippen LogP contribution is -2.48. The quantitative estimate of drug-likeness (QED) is 0.498. The Labute approximate surface area is 180 Å². The van der Waals surface area contributed by atoms with Gasteiger partial charge in [-0.1, -0.05) is 12.1 Å². The highest BCUT2D eigenvalue weighted by Crippen LogP contribution is 2.28. The van der Waals surface area contributed by atoms with Crippen molar-refractivity contribution in [3.63, 3.8) is 0 Å². The van der Waals surface area contributed by atoms with Gasteiger partial charge >= 0.3 is 0 Å². The van der Waals surface area contributed by atoms with Crippen LogP contribution in [0.1, 0.15) is 15.9 Å². The zero-order valence-electron chi connectivity index (χ0n) is 17.3. The number of aromatic nitrogens is 2. The van der Waals surface area contributed by atoms with E-state index in [1.165, 1.54) is 6.07 Å². The number of rotatable bonds is 3. The highest BCUT2D eigenvalue weighted by Gasteiger charge is 2.22. The van der Waals surface area contributed by atoms with Crippen LogP contribution in [-0.2, 0) is 0 Å². The average molecular weight is 414 g/mol. The van der Waals surface area contributed by atoms with Crippen molar-refractivity contribution >= 4 is 22.5 Å². The molecule has 0 radical (unpaired) electrons. The molecule has 3 heterocycles. The van der Waals surface area contributed by atoms with Gasteiger partial charge in [0.15, 0.2) is 0 Å². The van der Waals surface area contributed by atoms with Crippen molar-refractivity contribution in [1.29, 1.82) is 0 Å². The number of nitrogens with zero attached hydrogens (tertiary/aromatic N) is 4. The summed E-state index contributed by atoms with van der Waals surface area (Å²) in [5.41, 5.74) is 4.65. The maximum absolute atomic E-state index is 14.2. The molecule has 156 valence electrons. The summed E-state index contributed by atoms with van der Waals surface area (Å²) >= 11 is 0. The van der Waals surface area contributed by atoms with Crippen LogP contribution in [0.15, 0.2) is 73.2 Å². The number of piperazine rings is 1. The van der Waals surface area contributed by atoms with Gasteiger partial charge in [-0.25, -0.2) is 4.39 Å². The Morgan fingerprint density at radius 2 is 1.77 bits per heavy atom. The normalized spacial score (nSPS) is 14.3. The largest absolute Gasteiger partial charge is 0.368 e. The molecule has 0 atom stereocenters. The smallest absolute Gasteiger partial charge is 0.255 e. The van der Waals surface area contributed by atoms with Crippen LogP contribution in [0.2, 0.25) is 0 Å². The van der Waals surface area contributed by atoms with E-state index in [9.17, 15) is 9.18 Å². The van der Waals surface area contributed by atoms with Gasteiger partial charge in [-0.05, 0) is 55.0 Å². The summed E-state index contributed by atoms with van der Waals surface area (Å²) in [5, 5.41) is 0.632. The topological polar surface area (TPSA) is 41.4 Å². The first-order valence-electron chi connectivity index (χ1n) is 10.4. The fourth-order valence-electron chi connectivity index (χ4n) is 4.29. The Morgan fingerprint density at radius 1 is 0.968 bits per heavy atom. The van der Waals surface area contributed by atoms with E-state index in [-0.39, 0.29) is 11.7 Å². The molecule has 1 aliphatic heterocycles. The van der Waals surface area contributed by atoms with Crippen LogP contribution in [0.25, 0.3) is 16.6 Å². The summed E-state index contributed by atoms with van der Waals surface area (Å²) in [7, 11) is 0. The van der Waals surface area contributed by atoms with Crippen LogP contribution in [0, 0.1) is 12.7 Å². The molecule has 2 aromatic heterocycles. The van der Waals surface area contributed by atoms with Gasteiger partial charge in [0, 0.05) is 61.5 Å². The van der Waals surface area contributed by atoms with Crippen molar-refractivity contribution < 1.29 is 9.18 Å². The number of carbonyl (C=O) groups excluding carboxylic acids is 1. The maximum Gasteiger partial charge on any atom is 0.255 e. The number of anilines is 1. The third kappa shape index (κ3) is 3.54. The number of fused-ring (bicyclic) bond motifs is 1. The van der Waals surface area contributed by atoms with Gasteiger partial charge in [0.1, 0.15) is 5.82 Å². The minimum absolute atomic E-state index is 0.0258. The molecule has 0 N–H and O–H groups in total. The molecule has 0 unspecified atom stereocenters. The van der Waals surface area contributed by atoms with E-state index in [1.54, 1.807) is 24.5 Å². The van der Waals surface area contributed by atoms with Crippen molar-refractivity contribution in [1.82, 2.24) is 14.5 Å². The number of carbonyl (C=O) groups is 1. The number of halogens is 1. The molecule has 0 aliphatic carbocycles. The third-order valence-corrected chi connectivity index (χ3v) is 5.95. The van der Waals surface area contributed by atoms with E-state index >= 15 is 0 Å².